The third-order valence-corrected chi connectivity index (χ3v) is 2.81. The van der Waals surface area contributed by atoms with E-state index in [1.807, 2.05) is 37.3 Å². The molecule has 3 heteroatoms. The number of hydrogen-bond donors (Lipinski definition) is 1. The molecule has 0 aliphatic carbocycles. The molecule has 1 aromatic rings. The van der Waals surface area contributed by atoms with Crippen molar-refractivity contribution in [3.05, 3.63) is 35.9 Å². The second-order valence-corrected chi connectivity index (χ2v) is 4.60. The highest BCUT2D eigenvalue weighted by molar-refractivity contribution is 5.13. The van der Waals surface area contributed by atoms with Gasteiger partial charge in [0.15, 0.2) is 0 Å². The molecular weight excluding hydrogens is 204 g/mol. The molecule has 0 bridgehead atoms. The first-order valence-electron chi connectivity index (χ1n) is 5.62. The van der Waals surface area contributed by atoms with Crippen molar-refractivity contribution in [2.24, 2.45) is 0 Å². The van der Waals surface area contributed by atoms with Crippen molar-refractivity contribution < 1.29 is 14.6 Å². The third kappa shape index (κ3) is 3.04. The molecule has 88 valence electrons. The molecule has 1 aromatic carbocycles. The lowest BCUT2D eigenvalue weighted by Gasteiger charge is -2.22. The van der Waals surface area contributed by atoms with E-state index in [2.05, 4.69) is 0 Å². The van der Waals surface area contributed by atoms with Gasteiger partial charge in [0.25, 0.3) is 0 Å². The lowest BCUT2D eigenvalue weighted by atomic mass is 10.0. The van der Waals surface area contributed by atoms with Gasteiger partial charge in [-0.2, -0.15) is 0 Å². The summed E-state index contributed by atoms with van der Waals surface area (Å²) in [6.07, 6.45) is 0.312. The van der Waals surface area contributed by atoms with E-state index in [0.29, 0.717) is 26.2 Å². The van der Waals surface area contributed by atoms with Crippen LogP contribution in [0.4, 0.5) is 0 Å². The lowest BCUT2D eigenvalue weighted by molar-refractivity contribution is -0.0564. The van der Waals surface area contributed by atoms with Crippen LogP contribution in [0.3, 0.4) is 0 Å². The standard InChI is InChI=1S/C13H18O3/c1-13(7-12(14)9-16-13)10-15-8-11-5-3-2-4-6-11/h2-6,12,14H,7-10H2,1H3/t12?,13-/m1/s1. The van der Waals surface area contributed by atoms with E-state index >= 15 is 0 Å². The minimum Gasteiger partial charge on any atom is -0.391 e. The molecule has 1 aliphatic rings. The minimum atomic E-state index is -0.342. The van der Waals surface area contributed by atoms with Crippen molar-refractivity contribution >= 4 is 0 Å². The number of benzene rings is 1. The van der Waals surface area contributed by atoms with Crippen LogP contribution in [-0.2, 0) is 16.1 Å². The zero-order valence-electron chi connectivity index (χ0n) is 9.56. The Morgan fingerprint density at radius 3 is 2.81 bits per heavy atom. The highest BCUT2D eigenvalue weighted by Crippen LogP contribution is 2.25. The van der Waals surface area contributed by atoms with Crippen molar-refractivity contribution in [2.45, 2.75) is 31.7 Å². The molecule has 0 saturated carbocycles. The number of hydrogen-bond acceptors (Lipinski definition) is 3. The Hall–Kier alpha value is -0.900. The molecule has 1 unspecified atom stereocenters. The van der Waals surface area contributed by atoms with Gasteiger partial charge in [0.1, 0.15) is 0 Å². The fourth-order valence-corrected chi connectivity index (χ4v) is 1.97. The first-order valence-corrected chi connectivity index (χ1v) is 5.62. The topological polar surface area (TPSA) is 38.7 Å². The molecule has 2 atom stereocenters. The van der Waals surface area contributed by atoms with E-state index in [1.165, 1.54) is 0 Å². The molecule has 1 aliphatic heterocycles. The van der Waals surface area contributed by atoms with Gasteiger partial charge in [-0.05, 0) is 12.5 Å². The van der Waals surface area contributed by atoms with Crippen LogP contribution in [0.15, 0.2) is 30.3 Å². The maximum absolute atomic E-state index is 9.40. The van der Waals surface area contributed by atoms with Crippen molar-refractivity contribution in [1.82, 2.24) is 0 Å². The van der Waals surface area contributed by atoms with Gasteiger partial charge in [-0.15, -0.1) is 0 Å². The van der Waals surface area contributed by atoms with Crippen LogP contribution in [0.2, 0.25) is 0 Å². The van der Waals surface area contributed by atoms with Gasteiger partial charge < -0.3 is 14.6 Å². The number of rotatable bonds is 4. The van der Waals surface area contributed by atoms with E-state index in [1.54, 1.807) is 0 Å². The predicted molar refractivity (Wildman–Crippen MR) is 61.1 cm³/mol. The number of aliphatic hydroxyl groups is 1. The Bertz CT molecular complexity index is 325. The van der Waals surface area contributed by atoms with Gasteiger partial charge in [-0.25, -0.2) is 0 Å². The molecule has 2 rings (SSSR count). The summed E-state index contributed by atoms with van der Waals surface area (Å²) in [5.41, 5.74) is 0.832. The molecule has 1 heterocycles. The molecule has 1 N–H and O–H groups in total. The van der Waals surface area contributed by atoms with Crippen molar-refractivity contribution in [2.75, 3.05) is 13.2 Å². The minimum absolute atomic E-state index is 0.325. The quantitative estimate of drug-likeness (QED) is 0.843. The van der Waals surface area contributed by atoms with Crippen molar-refractivity contribution in [1.29, 1.82) is 0 Å². The van der Waals surface area contributed by atoms with Crippen LogP contribution >= 0.6 is 0 Å². The normalized spacial score (nSPS) is 29.5. The number of ether oxygens (including phenoxy) is 2. The van der Waals surface area contributed by atoms with Crippen LogP contribution in [-0.4, -0.2) is 30.0 Å². The van der Waals surface area contributed by atoms with Gasteiger partial charge in [0.2, 0.25) is 0 Å². The fraction of sp³-hybridized carbons (Fsp3) is 0.538. The fourth-order valence-electron chi connectivity index (χ4n) is 1.97. The monoisotopic (exact) mass is 222 g/mol. The van der Waals surface area contributed by atoms with Gasteiger partial charge in [-0.3, -0.25) is 0 Å². The molecule has 16 heavy (non-hydrogen) atoms. The van der Waals surface area contributed by atoms with Crippen LogP contribution in [0, 0.1) is 0 Å². The van der Waals surface area contributed by atoms with Crippen LogP contribution < -0.4 is 0 Å². The van der Waals surface area contributed by atoms with Crippen LogP contribution in [0.5, 0.6) is 0 Å². The summed E-state index contributed by atoms with van der Waals surface area (Å²) in [5, 5.41) is 9.40. The summed E-state index contributed by atoms with van der Waals surface area (Å²) in [6, 6.07) is 10.0. The average Bonchev–Trinajstić information content (AvgIpc) is 2.60. The second kappa shape index (κ2) is 4.95. The molecule has 0 spiro atoms. The van der Waals surface area contributed by atoms with Gasteiger partial charge in [0, 0.05) is 6.42 Å². The van der Waals surface area contributed by atoms with E-state index < -0.39 is 0 Å². The largest absolute Gasteiger partial charge is 0.391 e. The highest BCUT2D eigenvalue weighted by Gasteiger charge is 2.35. The summed E-state index contributed by atoms with van der Waals surface area (Å²) in [6.45, 7) is 3.52. The smallest absolute Gasteiger partial charge is 0.0913 e. The SMILES string of the molecule is C[C@]1(COCc2ccccc2)CC(O)CO1. The molecular formula is C13H18O3. The summed E-state index contributed by atoms with van der Waals surface area (Å²) in [4.78, 5) is 0. The number of aliphatic hydroxyl groups excluding tert-OH is 1. The molecule has 3 nitrogen and oxygen atoms in total. The first kappa shape index (κ1) is 11.6. The van der Waals surface area contributed by atoms with E-state index in [-0.39, 0.29) is 11.7 Å². The zero-order chi connectivity index (χ0) is 11.4. The summed E-state index contributed by atoms with van der Waals surface area (Å²) in [7, 11) is 0. The van der Waals surface area contributed by atoms with Crippen molar-refractivity contribution in [3.8, 4) is 0 Å². The molecule has 0 amide bonds. The van der Waals surface area contributed by atoms with Gasteiger partial charge in [-0.1, -0.05) is 30.3 Å². The summed E-state index contributed by atoms with van der Waals surface area (Å²) in [5.74, 6) is 0. The van der Waals surface area contributed by atoms with E-state index in [4.69, 9.17) is 9.47 Å². The highest BCUT2D eigenvalue weighted by atomic mass is 16.6. The zero-order valence-corrected chi connectivity index (χ0v) is 9.56. The van der Waals surface area contributed by atoms with E-state index in [9.17, 15) is 5.11 Å². The molecule has 1 saturated heterocycles. The average molecular weight is 222 g/mol. The molecule has 0 aromatic heterocycles. The third-order valence-electron chi connectivity index (χ3n) is 2.81. The maximum Gasteiger partial charge on any atom is 0.0913 e. The van der Waals surface area contributed by atoms with E-state index in [0.717, 1.165) is 5.56 Å². The van der Waals surface area contributed by atoms with Crippen molar-refractivity contribution in [3.63, 3.8) is 0 Å². The molecule has 1 fully saturated rings. The lowest BCUT2D eigenvalue weighted by Crippen LogP contribution is -2.30. The first-order chi connectivity index (χ1) is 7.68. The van der Waals surface area contributed by atoms with Gasteiger partial charge >= 0.3 is 0 Å². The van der Waals surface area contributed by atoms with Crippen LogP contribution in [0.25, 0.3) is 0 Å². The van der Waals surface area contributed by atoms with Crippen LogP contribution in [0.1, 0.15) is 18.9 Å². The molecule has 0 radical (unpaired) electrons. The van der Waals surface area contributed by atoms with Gasteiger partial charge in [0.05, 0.1) is 31.5 Å². The summed E-state index contributed by atoms with van der Waals surface area (Å²) < 4.78 is 11.1. The second-order valence-electron chi connectivity index (χ2n) is 4.60. The Kier molecular flexibility index (Phi) is 3.59. The Balaban J connectivity index is 1.76. The Morgan fingerprint density at radius 2 is 2.19 bits per heavy atom. The Labute approximate surface area is 96.0 Å². The summed E-state index contributed by atoms with van der Waals surface area (Å²) >= 11 is 0. The maximum atomic E-state index is 9.40. The Morgan fingerprint density at radius 1 is 1.44 bits per heavy atom. The predicted octanol–water partition coefficient (Wildman–Crippen LogP) is 1.74.